The van der Waals surface area contributed by atoms with E-state index in [0.29, 0.717) is 24.3 Å². The Balaban J connectivity index is 0.00000484. The lowest BCUT2D eigenvalue weighted by Crippen LogP contribution is -2.62. The topological polar surface area (TPSA) is 96.0 Å². The molecule has 2 fully saturated rings. The molecule has 2 aromatic rings. The number of ether oxygens (including phenoxy) is 2. The van der Waals surface area contributed by atoms with E-state index in [4.69, 9.17) is 9.47 Å². The van der Waals surface area contributed by atoms with Crippen LogP contribution in [0.25, 0.3) is 0 Å². The summed E-state index contributed by atoms with van der Waals surface area (Å²) >= 11 is 0. The van der Waals surface area contributed by atoms with Crippen LogP contribution in [0, 0.1) is 17.2 Å². The molecule has 2 atom stereocenters. The molecule has 2 aliphatic rings. The molecule has 234 valence electrons. The van der Waals surface area contributed by atoms with Crippen LogP contribution in [-0.2, 0) is 4.74 Å². The molecule has 2 aliphatic heterocycles. The summed E-state index contributed by atoms with van der Waals surface area (Å²) < 4.78 is 26.1. The lowest BCUT2D eigenvalue weighted by atomic mass is 9.76. The number of hydrogen-bond donors (Lipinski definition) is 1. The summed E-state index contributed by atoms with van der Waals surface area (Å²) in [5, 5.41) is 11.4. The monoisotopic (exact) mass is 607 g/mol. The number of rotatable bonds is 13. The quantitative estimate of drug-likeness (QED) is 0.358. The van der Waals surface area contributed by atoms with Gasteiger partial charge in [-0.15, -0.1) is 22.6 Å². The first-order valence-electron chi connectivity index (χ1n) is 14.7. The number of benzene rings is 1. The molecule has 1 amide bonds. The van der Waals surface area contributed by atoms with Crippen LogP contribution in [0.2, 0.25) is 0 Å². The number of likely N-dealkylation sites (N-methyl/N-ethyl adjacent to an activating group) is 1. The Kier molecular flexibility index (Phi) is 11.9. The molecule has 1 aromatic carbocycles. The van der Waals surface area contributed by atoms with Crippen LogP contribution < -0.4 is 15.0 Å². The molecule has 0 unspecified atom stereocenters. The summed E-state index contributed by atoms with van der Waals surface area (Å²) in [6, 6.07) is 4.38. The normalized spacial score (nSPS) is 17.7. The van der Waals surface area contributed by atoms with Gasteiger partial charge >= 0.3 is 0 Å². The minimum Gasteiger partial charge on any atom is -0.434 e. The van der Waals surface area contributed by atoms with Gasteiger partial charge in [-0.25, -0.2) is 9.37 Å². The van der Waals surface area contributed by atoms with Gasteiger partial charge in [-0.1, -0.05) is 13.8 Å². The number of halogens is 2. The molecule has 0 aliphatic carbocycles. The zero-order chi connectivity index (χ0) is 29.7. The first-order chi connectivity index (χ1) is 19.6. The van der Waals surface area contributed by atoms with E-state index < -0.39 is 5.82 Å². The van der Waals surface area contributed by atoms with Gasteiger partial charge in [0.2, 0.25) is 0 Å². The molecule has 3 heterocycles. The van der Waals surface area contributed by atoms with Crippen LogP contribution in [0.1, 0.15) is 57.8 Å². The standard InChI is InChI=1S/C30H46FN7O3.ClH/c1-8-38(21(4)5)29(39)24-13-22(31)9-10-26(24)41-28-27(33-19-34-35-28)36-12-11-30(16-36)17-37(18-30)25(20(2)3)14-23(40-7)15-32-6;/h9-10,13,19-21,23,25,32H,8,11-12,14-18H2,1-7H3;1H/t23-,25-;/m1./s1. The van der Waals surface area contributed by atoms with E-state index in [0.717, 1.165) is 45.6 Å². The number of hydrogen-bond acceptors (Lipinski definition) is 9. The van der Waals surface area contributed by atoms with Gasteiger partial charge in [0.05, 0.1) is 11.7 Å². The van der Waals surface area contributed by atoms with Gasteiger partial charge in [0.15, 0.2) is 5.82 Å². The second-order valence-corrected chi connectivity index (χ2v) is 12.1. The molecule has 1 N–H and O–H groups in total. The maximum atomic E-state index is 14.2. The summed E-state index contributed by atoms with van der Waals surface area (Å²) in [6.45, 7) is 15.4. The van der Waals surface area contributed by atoms with Crippen molar-refractivity contribution >= 4 is 24.1 Å². The van der Waals surface area contributed by atoms with Crippen LogP contribution in [-0.4, -0.2) is 103 Å². The van der Waals surface area contributed by atoms with E-state index in [1.165, 1.54) is 24.5 Å². The third-order valence-electron chi connectivity index (χ3n) is 8.50. The van der Waals surface area contributed by atoms with E-state index in [1.807, 2.05) is 27.8 Å². The van der Waals surface area contributed by atoms with E-state index in [1.54, 1.807) is 12.0 Å². The predicted molar refractivity (Wildman–Crippen MR) is 164 cm³/mol. The summed E-state index contributed by atoms with van der Waals surface area (Å²) in [4.78, 5) is 24.3. The molecule has 1 spiro atoms. The van der Waals surface area contributed by atoms with Crippen molar-refractivity contribution in [2.24, 2.45) is 11.3 Å². The summed E-state index contributed by atoms with van der Waals surface area (Å²) in [5.74, 6) is 0.757. The van der Waals surface area contributed by atoms with Crippen LogP contribution in [0.3, 0.4) is 0 Å². The zero-order valence-corrected chi connectivity index (χ0v) is 26.8. The van der Waals surface area contributed by atoms with Crippen molar-refractivity contribution in [2.75, 3.05) is 58.3 Å². The van der Waals surface area contributed by atoms with E-state index in [9.17, 15) is 9.18 Å². The van der Waals surface area contributed by atoms with Crippen molar-refractivity contribution < 1.29 is 18.7 Å². The maximum Gasteiger partial charge on any atom is 0.282 e. The predicted octanol–water partition coefficient (Wildman–Crippen LogP) is 4.26. The highest BCUT2D eigenvalue weighted by molar-refractivity contribution is 5.97. The molecule has 0 saturated carbocycles. The smallest absolute Gasteiger partial charge is 0.282 e. The second-order valence-electron chi connectivity index (χ2n) is 12.1. The third kappa shape index (κ3) is 7.48. The number of amides is 1. The maximum absolute atomic E-state index is 14.2. The number of likely N-dealkylation sites (tertiary alicyclic amines) is 1. The van der Waals surface area contributed by atoms with Gasteiger partial charge in [-0.2, -0.15) is 0 Å². The number of nitrogens with one attached hydrogen (secondary N) is 1. The van der Waals surface area contributed by atoms with Crippen molar-refractivity contribution in [1.29, 1.82) is 0 Å². The molecule has 0 radical (unpaired) electrons. The van der Waals surface area contributed by atoms with E-state index in [-0.39, 0.29) is 53.1 Å². The fraction of sp³-hybridized carbons (Fsp3) is 0.667. The Morgan fingerprint density at radius 1 is 1.21 bits per heavy atom. The molecular formula is C30H47ClFN7O3. The zero-order valence-electron chi connectivity index (χ0n) is 26.0. The van der Waals surface area contributed by atoms with E-state index in [2.05, 4.69) is 44.1 Å². The lowest BCUT2D eigenvalue weighted by Gasteiger charge is -2.53. The molecule has 12 heteroatoms. The summed E-state index contributed by atoms with van der Waals surface area (Å²) in [5.41, 5.74) is 0.327. The lowest BCUT2D eigenvalue weighted by molar-refractivity contribution is -0.0500. The van der Waals surface area contributed by atoms with Gasteiger partial charge in [-0.05, 0) is 64.8 Å². The van der Waals surface area contributed by atoms with Crippen molar-refractivity contribution in [3.05, 3.63) is 35.9 Å². The number of methoxy groups -OCH3 is 1. The molecule has 0 bridgehead atoms. The molecule has 1 aromatic heterocycles. The van der Waals surface area contributed by atoms with Crippen molar-refractivity contribution in [1.82, 2.24) is 30.3 Å². The van der Waals surface area contributed by atoms with Gasteiger partial charge in [0, 0.05) is 63.9 Å². The molecule has 2 saturated heterocycles. The molecule has 42 heavy (non-hydrogen) atoms. The average Bonchev–Trinajstić information content (AvgIpc) is 3.37. The Bertz CT molecular complexity index is 1180. The number of anilines is 1. The Morgan fingerprint density at radius 3 is 2.57 bits per heavy atom. The van der Waals surface area contributed by atoms with Crippen LogP contribution in [0.4, 0.5) is 10.2 Å². The second kappa shape index (κ2) is 14.7. The minimum absolute atomic E-state index is 0. The number of carbonyl (C=O) groups is 1. The summed E-state index contributed by atoms with van der Waals surface area (Å²) in [7, 11) is 3.75. The fourth-order valence-corrected chi connectivity index (χ4v) is 6.33. The fourth-order valence-electron chi connectivity index (χ4n) is 6.33. The van der Waals surface area contributed by atoms with Gasteiger partial charge in [0.25, 0.3) is 11.8 Å². The Labute approximate surface area is 255 Å². The highest BCUT2D eigenvalue weighted by Crippen LogP contribution is 2.44. The van der Waals surface area contributed by atoms with Gasteiger partial charge in [-0.3, -0.25) is 9.69 Å². The average molecular weight is 608 g/mol. The highest BCUT2D eigenvalue weighted by atomic mass is 35.5. The van der Waals surface area contributed by atoms with Crippen LogP contribution in [0.5, 0.6) is 11.6 Å². The molecular weight excluding hydrogens is 561 g/mol. The Morgan fingerprint density at radius 2 is 1.95 bits per heavy atom. The van der Waals surface area contributed by atoms with Crippen LogP contribution in [0.15, 0.2) is 24.5 Å². The largest absolute Gasteiger partial charge is 0.434 e. The van der Waals surface area contributed by atoms with E-state index >= 15 is 0 Å². The van der Waals surface area contributed by atoms with Crippen LogP contribution >= 0.6 is 12.4 Å². The first-order valence-corrected chi connectivity index (χ1v) is 14.7. The summed E-state index contributed by atoms with van der Waals surface area (Å²) in [6.07, 6.45) is 3.63. The Hall–Kier alpha value is -2.60. The highest BCUT2D eigenvalue weighted by Gasteiger charge is 2.50. The van der Waals surface area contributed by atoms with Crippen molar-refractivity contribution in [3.63, 3.8) is 0 Å². The SMILES string of the molecule is CCN(C(=O)c1cc(F)ccc1Oc1nncnc1N1CCC2(C1)CN([C@H](C[C@H](CNC)OC)C(C)C)C2)C(C)C.Cl. The van der Waals surface area contributed by atoms with Crippen molar-refractivity contribution in [2.45, 2.75) is 65.6 Å². The minimum atomic E-state index is -0.503. The number of aromatic nitrogens is 3. The molecule has 4 rings (SSSR count). The number of carbonyl (C=O) groups excluding carboxylic acids is 1. The van der Waals surface area contributed by atoms with Gasteiger partial charge in [0.1, 0.15) is 17.9 Å². The van der Waals surface area contributed by atoms with Gasteiger partial charge < -0.3 is 24.6 Å². The first kappa shape index (κ1) is 33.9. The molecule has 10 nitrogen and oxygen atoms in total. The number of nitrogens with zero attached hydrogens (tertiary/aromatic N) is 6. The van der Waals surface area contributed by atoms with Crippen molar-refractivity contribution in [3.8, 4) is 11.6 Å². The third-order valence-corrected chi connectivity index (χ3v) is 8.50.